The molecular formula is C18H19FN6O. The fourth-order valence-electron chi connectivity index (χ4n) is 2.94. The van der Waals surface area contributed by atoms with Crippen LogP contribution in [0.5, 0.6) is 0 Å². The molecule has 2 aromatic heterocycles. The van der Waals surface area contributed by atoms with Gasteiger partial charge in [-0.2, -0.15) is 4.98 Å². The van der Waals surface area contributed by atoms with Gasteiger partial charge in [0.15, 0.2) is 11.6 Å². The predicted molar refractivity (Wildman–Crippen MR) is 93.9 cm³/mol. The SMILES string of the molecule is Cc1noc(CN(C)C2CN(c3ccc(-c4ccc(F)cc4)nn3)C2)n1. The standard InChI is InChI=1S/C18H19FN6O/c1-12-20-18(26-23-12)11-24(2)15-9-25(10-15)17-8-7-16(21-22-17)13-3-5-14(19)6-4-13/h3-8,15H,9-11H2,1-2H3. The number of benzene rings is 1. The van der Waals surface area contributed by atoms with Crippen LogP contribution < -0.4 is 4.90 Å². The molecule has 0 aliphatic carbocycles. The zero-order valence-electron chi connectivity index (χ0n) is 14.6. The highest BCUT2D eigenvalue weighted by atomic mass is 19.1. The predicted octanol–water partition coefficient (Wildman–Crippen LogP) is 2.29. The molecule has 0 amide bonds. The van der Waals surface area contributed by atoms with Crippen molar-refractivity contribution in [2.24, 2.45) is 0 Å². The molecule has 8 heteroatoms. The molecule has 7 nitrogen and oxygen atoms in total. The summed E-state index contributed by atoms with van der Waals surface area (Å²) in [5, 5.41) is 12.4. The number of likely N-dealkylation sites (N-methyl/N-ethyl adjacent to an activating group) is 1. The molecular weight excluding hydrogens is 335 g/mol. The molecule has 1 saturated heterocycles. The highest BCUT2D eigenvalue weighted by Crippen LogP contribution is 2.24. The highest BCUT2D eigenvalue weighted by molar-refractivity contribution is 5.59. The van der Waals surface area contributed by atoms with E-state index in [0.717, 1.165) is 30.2 Å². The van der Waals surface area contributed by atoms with Crippen molar-refractivity contribution < 1.29 is 8.91 Å². The number of rotatable bonds is 5. The third-order valence-electron chi connectivity index (χ3n) is 4.55. The Bertz CT molecular complexity index is 873. The molecule has 0 atom stereocenters. The van der Waals surface area contributed by atoms with Crippen LogP contribution in [-0.4, -0.2) is 51.4 Å². The normalized spacial score (nSPS) is 14.7. The summed E-state index contributed by atoms with van der Waals surface area (Å²) in [5.74, 6) is 1.87. The lowest BCUT2D eigenvalue weighted by molar-refractivity contribution is 0.174. The van der Waals surface area contributed by atoms with Crippen molar-refractivity contribution in [1.82, 2.24) is 25.2 Å². The molecule has 1 fully saturated rings. The summed E-state index contributed by atoms with van der Waals surface area (Å²) < 4.78 is 18.2. The van der Waals surface area contributed by atoms with Gasteiger partial charge in [-0.1, -0.05) is 5.16 Å². The van der Waals surface area contributed by atoms with E-state index >= 15 is 0 Å². The maximum atomic E-state index is 13.0. The Morgan fingerprint density at radius 1 is 1.15 bits per heavy atom. The molecule has 1 aliphatic rings. The fraction of sp³-hybridized carbons (Fsp3) is 0.333. The second-order valence-electron chi connectivity index (χ2n) is 6.49. The Kier molecular flexibility index (Phi) is 4.34. The minimum absolute atomic E-state index is 0.259. The molecule has 1 aliphatic heterocycles. The Balaban J connectivity index is 1.34. The van der Waals surface area contributed by atoms with Crippen molar-refractivity contribution in [3.63, 3.8) is 0 Å². The van der Waals surface area contributed by atoms with Crippen molar-refractivity contribution >= 4 is 5.82 Å². The van der Waals surface area contributed by atoms with Crippen LogP contribution in [0.15, 0.2) is 40.9 Å². The third kappa shape index (κ3) is 3.41. The largest absolute Gasteiger partial charge is 0.352 e. The van der Waals surface area contributed by atoms with Gasteiger partial charge in [-0.15, -0.1) is 10.2 Å². The van der Waals surface area contributed by atoms with Crippen molar-refractivity contribution in [3.8, 4) is 11.3 Å². The summed E-state index contributed by atoms with van der Waals surface area (Å²) in [7, 11) is 2.05. The van der Waals surface area contributed by atoms with Gasteiger partial charge in [0.2, 0.25) is 5.89 Å². The van der Waals surface area contributed by atoms with Crippen LogP contribution in [0.4, 0.5) is 10.2 Å². The molecule has 4 rings (SSSR count). The van der Waals surface area contributed by atoms with Crippen molar-refractivity contribution in [1.29, 1.82) is 0 Å². The van der Waals surface area contributed by atoms with E-state index in [1.54, 1.807) is 12.1 Å². The molecule has 134 valence electrons. The first kappa shape index (κ1) is 16.6. The van der Waals surface area contributed by atoms with E-state index in [1.807, 2.05) is 26.1 Å². The first-order valence-corrected chi connectivity index (χ1v) is 8.42. The van der Waals surface area contributed by atoms with Gasteiger partial charge in [0.1, 0.15) is 5.82 Å². The van der Waals surface area contributed by atoms with Crippen molar-refractivity contribution in [2.75, 3.05) is 25.0 Å². The molecule has 0 saturated carbocycles. The van der Waals surface area contributed by atoms with E-state index in [4.69, 9.17) is 4.52 Å². The third-order valence-corrected chi connectivity index (χ3v) is 4.55. The topological polar surface area (TPSA) is 71.2 Å². The number of aryl methyl sites for hydroxylation is 1. The first-order valence-electron chi connectivity index (χ1n) is 8.42. The van der Waals surface area contributed by atoms with Crippen LogP contribution in [0.25, 0.3) is 11.3 Å². The van der Waals surface area contributed by atoms with Gasteiger partial charge in [-0.25, -0.2) is 4.39 Å². The van der Waals surface area contributed by atoms with Crippen LogP contribution in [0.3, 0.4) is 0 Å². The zero-order chi connectivity index (χ0) is 18.1. The molecule has 3 heterocycles. The average Bonchev–Trinajstić information content (AvgIpc) is 3.00. The number of hydrogen-bond donors (Lipinski definition) is 0. The molecule has 0 N–H and O–H groups in total. The number of hydrogen-bond acceptors (Lipinski definition) is 7. The highest BCUT2D eigenvalue weighted by Gasteiger charge is 2.31. The summed E-state index contributed by atoms with van der Waals surface area (Å²) in [6.07, 6.45) is 0. The molecule has 3 aromatic rings. The van der Waals surface area contributed by atoms with Gasteiger partial charge in [0.05, 0.1) is 12.2 Å². The Morgan fingerprint density at radius 3 is 2.54 bits per heavy atom. The van der Waals surface area contributed by atoms with Crippen LogP contribution >= 0.6 is 0 Å². The smallest absolute Gasteiger partial charge is 0.240 e. The Morgan fingerprint density at radius 2 is 1.92 bits per heavy atom. The summed E-state index contributed by atoms with van der Waals surface area (Å²) in [5.41, 5.74) is 1.58. The molecule has 0 unspecified atom stereocenters. The molecule has 26 heavy (non-hydrogen) atoms. The summed E-state index contributed by atoms with van der Waals surface area (Å²) in [4.78, 5) is 8.60. The molecule has 1 aromatic carbocycles. The van der Waals surface area contributed by atoms with E-state index in [1.165, 1.54) is 12.1 Å². The Labute approximate surface area is 150 Å². The number of halogens is 1. The average molecular weight is 354 g/mol. The minimum Gasteiger partial charge on any atom is -0.352 e. The summed E-state index contributed by atoms with van der Waals surface area (Å²) in [6.45, 7) is 4.18. The van der Waals surface area contributed by atoms with Crippen LogP contribution in [-0.2, 0) is 6.54 Å². The van der Waals surface area contributed by atoms with Gasteiger partial charge in [0, 0.05) is 24.7 Å². The number of nitrogens with zero attached hydrogens (tertiary/aromatic N) is 6. The quantitative estimate of drug-likeness (QED) is 0.696. The van der Waals surface area contributed by atoms with E-state index in [-0.39, 0.29) is 5.82 Å². The zero-order valence-corrected chi connectivity index (χ0v) is 14.6. The monoisotopic (exact) mass is 354 g/mol. The van der Waals surface area contributed by atoms with Crippen molar-refractivity contribution in [3.05, 3.63) is 53.9 Å². The maximum absolute atomic E-state index is 13.0. The second kappa shape index (κ2) is 6.80. The van der Waals surface area contributed by atoms with Gasteiger partial charge in [-0.05, 0) is 50.4 Å². The van der Waals surface area contributed by atoms with Crippen LogP contribution in [0, 0.1) is 12.7 Å². The van der Waals surface area contributed by atoms with Crippen LogP contribution in [0.1, 0.15) is 11.7 Å². The van der Waals surface area contributed by atoms with E-state index in [2.05, 4.69) is 30.1 Å². The first-order chi connectivity index (χ1) is 12.6. The number of aromatic nitrogens is 4. The van der Waals surface area contributed by atoms with E-state index in [9.17, 15) is 4.39 Å². The lowest BCUT2D eigenvalue weighted by atomic mass is 10.1. The van der Waals surface area contributed by atoms with Gasteiger partial charge >= 0.3 is 0 Å². The Hall–Kier alpha value is -2.87. The summed E-state index contributed by atoms with van der Waals surface area (Å²) in [6, 6.07) is 10.5. The van der Waals surface area contributed by atoms with Crippen LogP contribution in [0.2, 0.25) is 0 Å². The van der Waals surface area contributed by atoms with Crippen molar-refractivity contribution in [2.45, 2.75) is 19.5 Å². The minimum atomic E-state index is -0.259. The lowest BCUT2D eigenvalue weighted by Crippen LogP contribution is -2.58. The number of anilines is 1. The van der Waals surface area contributed by atoms with Gasteiger partial charge in [-0.3, -0.25) is 4.90 Å². The van der Waals surface area contributed by atoms with Gasteiger partial charge in [0.25, 0.3) is 0 Å². The van der Waals surface area contributed by atoms with Gasteiger partial charge < -0.3 is 9.42 Å². The molecule has 0 spiro atoms. The molecule has 0 radical (unpaired) electrons. The van der Waals surface area contributed by atoms with E-state index < -0.39 is 0 Å². The lowest BCUT2D eigenvalue weighted by Gasteiger charge is -2.44. The molecule has 0 bridgehead atoms. The van der Waals surface area contributed by atoms with E-state index in [0.29, 0.717) is 24.3 Å². The summed E-state index contributed by atoms with van der Waals surface area (Å²) >= 11 is 0. The second-order valence-corrected chi connectivity index (χ2v) is 6.49. The maximum Gasteiger partial charge on any atom is 0.240 e. The fourth-order valence-corrected chi connectivity index (χ4v) is 2.94.